The van der Waals surface area contributed by atoms with E-state index in [0.29, 0.717) is 12.5 Å². The Hall–Kier alpha value is -1.92. The maximum absolute atomic E-state index is 13.8. The van der Waals surface area contributed by atoms with Gasteiger partial charge in [0.2, 0.25) is 5.91 Å². The first kappa shape index (κ1) is 26.2. The van der Waals surface area contributed by atoms with E-state index in [2.05, 4.69) is 72.2 Å². The number of likely N-dealkylation sites (tertiary alicyclic amines) is 1. The van der Waals surface area contributed by atoms with Crippen molar-refractivity contribution in [3.63, 3.8) is 0 Å². The minimum absolute atomic E-state index is 0.0463. The second-order valence-corrected chi connectivity index (χ2v) is 11.0. The summed E-state index contributed by atoms with van der Waals surface area (Å²) < 4.78 is 0. The lowest BCUT2D eigenvalue weighted by molar-refractivity contribution is -0.136. The molecule has 1 amide bonds. The van der Waals surface area contributed by atoms with Gasteiger partial charge in [0.05, 0.1) is 6.04 Å². The minimum Gasteiger partial charge on any atom is -0.341 e. The molecule has 35 heavy (non-hydrogen) atoms. The molecule has 2 aromatic rings. The summed E-state index contributed by atoms with van der Waals surface area (Å²) in [4.78, 5) is 20.7. The molecule has 2 aliphatic heterocycles. The summed E-state index contributed by atoms with van der Waals surface area (Å²) in [6, 6.07) is 17.0. The van der Waals surface area contributed by atoms with Crippen LogP contribution in [0.2, 0.25) is 5.02 Å². The van der Waals surface area contributed by atoms with Crippen LogP contribution in [0.5, 0.6) is 0 Å². The van der Waals surface area contributed by atoms with E-state index in [4.69, 9.17) is 11.6 Å². The van der Waals surface area contributed by atoms with Gasteiger partial charge in [0.1, 0.15) is 0 Å². The molecule has 0 bridgehead atoms. The Morgan fingerprint density at radius 2 is 1.77 bits per heavy atom. The minimum atomic E-state index is -0.234. The summed E-state index contributed by atoms with van der Waals surface area (Å²) >= 11 is 6.10. The molecule has 1 spiro atoms. The van der Waals surface area contributed by atoms with E-state index in [-0.39, 0.29) is 17.5 Å². The number of hydrogen-bond donors (Lipinski definition) is 1. The summed E-state index contributed by atoms with van der Waals surface area (Å²) in [5.41, 5.74) is 4.12. The van der Waals surface area contributed by atoms with Gasteiger partial charge in [-0.1, -0.05) is 48.0 Å². The van der Waals surface area contributed by atoms with Crippen molar-refractivity contribution in [2.75, 3.05) is 46.8 Å². The number of nitrogens with one attached hydrogen (secondary N) is 1. The summed E-state index contributed by atoms with van der Waals surface area (Å²) in [6.07, 6.45) is 3.74. The SMILES string of the molecule is CC(C)N(C)CCN[C@H](Cc1ccc(Cl)cc1)C(=O)N1CCC2(CC1)c1ccccc1CCN2C. The predicted molar refractivity (Wildman–Crippen MR) is 145 cm³/mol. The van der Waals surface area contributed by atoms with Gasteiger partial charge in [0.25, 0.3) is 0 Å². The number of carbonyl (C=O) groups is 1. The van der Waals surface area contributed by atoms with Crippen LogP contribution >= 0.6 is 11.6 Å². The van der Waals surface area contributed by atoms with Gasteiger partial charge in [-0.05, 0) is 82.4 Å². The normalized spacial score (nSPS) is 18.8. The van der Waals surface area contributed by atoms with Crippen molar-refractivity contribution in [1.82, 2.24) is 20.0 Å². The average molecular weight is 497 g/mol. The number of amides is 1. The maximum atomic E-state index is 13.8. The van der Waals surface area contributed by atoms with Gasteiger partial charge in [-0.3, -0.25) is 9.69 Å². The zero-order valence-electron chi connectivity index (χ0n) is 21.8. The van der Waals surface area contributed by atoms with Crippen LogP contribution in [0.4, 0.5) is 0 Å². The lowest BCUT2D eigenvalue weighted by Crippen LogP contribution is -2.58. The molecule has 0 aliphatic carbocycles. The first-order chi connectivity index (χ1) is 16.8. The highest BCUT2D eigenvalue weighted by molar-refractivity contribution is 6.30. The topological polar surface area (TPSA) is 38.8 Å². The number of rotatable bonds is 8. The molecule has 2 heterocycles. The molecule has 0 aromatic heterocycles. The van der Waals surface area contributed by atoms with Crippen molar-refractivity contribution in [2.24, 2.45) is 0 Å². The van der Waals surface area contributed by atoms with Crippen LogP contribution in [0.3, 0.4) is 0 Å². The predicted octanol–water partition coefficient (Wildman–Crippen LogP) is 4.19. The van der Waals surface area contributed by atoms with Crippen molar-refractivity contribution in [1.29, 1.82) is 0 Å². The first-order valence-electron chi connectivity index (χ1n) is 13.1. The van der Waals surface area contributed by atoms with Crippen molar-refractivity contribution in [3.05, 3.63) is 70.2 Å². The highest BCUT2D eigenvalue weighted by Crippen LogP contribution is 2.42. The van der Waals surface area contributed by atoms with Crippen molar-refractivity contribution in [2.45, 2.75) is 57.2 Å². The summed E-state index contributed by atoms with van der Waals surface area (Å²) in [6.45, 7) is 8.75. The second kappa shape index (κ2) is 11.4. The van der Waals surface area contributed by atoms with E-state index < -0.39 is 0 Å². The molecular weight excluding hydrogens is 456 g/mol. The van der Waals surface area contributed by atoms with Crippen LogP contribution in [0.25, 0.3) is 0 Å². The number of nitrogens with zero attached hydrogens (tertiary/aromatic N) is 3. The Kier molecular flexibility index (Phi) is 8.54. The van der Waals surface area contributed by atoms with Gasteiger partial charge < -0.3 is 15.1 Å². The van der Waals surface area contributed by atoms with E-state index in [1.807, 2.05) is 24.3 Å². The third-order valence-electron chi connectivity index (χ3n) is 8.26. The fourth-order valence-electron chi connectivity index (χ4n) is 5.64. The van der Waals surface area contributed by atoms with Gasteiger partial charge in [-0.25, -0.2) is 0 Å². The molecule has 1 atom stereocenters. The molecule has 0 saturated carbocycles. The molecule has 2 aliphatic rings. The van der Waals surface area contributed by atoms with Crippen molar-refractivity contribution in [3.8, 4) is 0 Å². The number of halogens is 1. The molecule has 1 saturated heterocycles. The lowest BCUT2D eigenvalue weighted by atomic mass is 9.74. The number of piperidine rings is 1. The van der Waals surface area contributed by atoms with Crippen molar-refractivity contribution < 1.29 is 4.79 Å². The number of fused-ring (bicyclic) bond motifs is 2. The van der Waals surface area contributed by atoms with E-state index in [0.717, 1.165) is 62.6 Å². The Labute approximate surface area is 216 Å². The lowest BCUT2D eigenvalue weighted by Gasteiger charge is -2.51. The van der Waals surface area contributed by atoms with Gasteiger partial charge in [-0.2, -0.15) is 0 Å². The molecule has 6 heteroatoms. The molecule has 0 unspecified atom stereocenters. The molecule has 190 valence electrons. The van der Waals surface area contributed by atoms with Crippen LogP contribution in [0.15, 0.2) is 48.5 Å². The first-order valence-corrected chi connectivity index (χ1v) is 13.4. The molecule has 2 aromatic carbocycles. The maximum Gasteiger partial charge on any atom is 0.240 e. The third kappa shape index (κ3) is 5.91. The smallest absolute Gasteiger partial charge is 0.240 e. The molecule has 1 N–H and O–H groups in total. The fourth-order valence-corrected chi connectivity index (χ4v) is 5.77. The highest BCUT2D eigenvalue weighted by atomic mass is 35.5. The van der Waals surface area contributed by atoms with Gasteiger partial charge in [0, 0.05) is 49.3 Å². The van der Waals surface area contributed by atoms with Gasteiger partial charge in [0.15, 0.2) is 0 Å². The molecule has 0 radical (unpaired) electrons. The standard InChI is InChI=1S/C29H41ClN4O/c1-22(2)32(3)20-16-31-27(21-23-9-11-25(30)12-10-23)28(35)34-18-14-29(15-19-34)26-8-6-5-7-24(26)13-17-33(29)4/h5-12,22,27,31H,13-21H2,1-4H3/t27-/m1/s1. The Morgan fingerprint density at radius 1 is 1.09 bits per heavy atom. The van der Waals surface area contributed by atoms with Crippen LogP contribution in [0.1, 0.15) is 43.4 Å². The monoisotopic (exact) mass is 496 g/mol. The average Bonchev–Trinajstić information content (AvgIpc) is 2.87. The van der Waals surface area contributed by atoms with Gasteiger partial charge >= 0.3 is 0 Å². The highest BCUT2D eigenvalue weighted by Gasteiger charge is 2.44. The molecule has 1 fully saturated rings. The summed E-state index contributed by atoms with van der Waals surface area (Å²) in [5.74, 6) is 0.216. The van der Waals surface area contributed by atoms with Crippen LogP contribution < -0.4 is 5.32 Å². The second-order valence-electron chi connectivity index (χ2n) is 10.6. The molecular formula is C29H41ClN4O. The summed E-state index contributed by atoms with van der Waals surface area (Å²) in [5, 5.41) is 4.31. The molecule has 5 nitrogen and oxygen atoms in total. The van der Waals surface area contributed by atoms with E-state index in [1.165, 1.54) is 11.1 Å². The Balaban J connectivity index is 1.45. The van der Waals surface area contributed by atoms with E-state index in [1.54, 1.807) is 0 Å². The summed E-state index contributed by atoms with van der Waals surface area (Å²) in [7, 11) is 4.38. The number of carbonyl (C=O) groups excluding carboxylic acids is 1. The van der Waals surface area contributed by atoms with Crippen LogP contribution in [0, 0.1) is 0 Å². The van der Waals surface area contributed by atoms with E-state index >= 15 is 0 Å². The van der Waals surface area contributed by atoms with Crippen LogP contribution in [-0.2, 0) is 23.2 Å². The third-order valence-corrected chi connectivity index (χ3v) is 8.51. The zero-order chi connectivity index (χ0) is 25.0. The fraction of sp³-hybridized carbons (Fsp3) is 0.552. The van der Waals surface area contributed by atoms with Crippen molar-refractivity contribution >= 4 is 17.5 Å². The van der Waals surface area contributed by atoms with E-state index in [9.17, 15) is 4.79 Å². The number of likely N-dealkylation sites (N-methyl/N-ethyl adjacent to an activating group) is 2. The number of benzene rings is 2. The zero-order valence-corrected chi connectivity index (χ0v) is 22.5. The quantitative estimate of drug-likeness (QED) is 0.595. The van der Waals surface area contributed by atoms with Gasteiger partial charge in [-0.15, -0.1) is 0 Å². The Bertz CT molecular complexity index is 984. The molecule has 4 rings (SSSR count). The van der Waals surface area contributed by atoms with Crippen LogP contribution in [-0.4, -0.2) is 79.5 Å². The number of hydrogen-bond acceptors (Lipinski definition) is 4. The largest absolute Gasteiger partial charge is 0.341 e. The Morgan fingerprint density at radius 3 is 2.46 bits per heavy atom.